The van der Waals surface area contributed by atoms with Gasteiger partial charge < -0.3 is 57.5 Å². The van der Waals surface area contributed by atoms with Crippen molar-refractivity contribution < 1.29 is 57.0 Å². The first-order chi connectivity index (χ1) is 21.7. The molecule has 0 unspecified atom stereocenters. The third-order valence-electron chi connectivity index (χ3n) is 4.83. The number of rotatable bonds is 34. The molecule has 0 saturated carbocycles. The van der Waals surface area contributed by atoms with Crippen LogP contribution in [0.1, 0.15) is 26.7 Å². The molecule has 0 saturated heterocycles. The van der Waals surface area contributed by atoms with Gasteiger partial charge in [0.25, 0.3) is 0 Å². The van der Waals surface area contributed by atoms with E-state index in [1.807, 2.05) is 13.8 Å². The van der Waals surface area contributed by atoms with E-state index >= 15 is 0 Å². The van der Waals surface area contributed by atoms with Crippen LogP contribution in [-0.4, -0.2) is 150 Å². The van der Waals surface area contributed by atoms with E-state index in [9.17, 15) is 9.59 Å². The molecule has 0 fully saturated rings. The van der Waals surface area contributed by atoms with Crippen LogP contribution >= 0.6 is 0 Å². The lowest BCUT2D eigenvalue weighted by Gasteiger charge is -2.19. The summed E-state index contributed by atoms with van der Waals surface area (Å²) in [6.07, 6.45) is 11.6. The van der Waals surface area contributed by atoms with E-state index in [1.165, 1.54) is 0 Å². The molecule has 13 heteroatoms. The Kier molecular flexibility index (Phi) is 40.8. The van der Waals surface area contributed by atoms with Crippen LogP contribution in [0.3, 0.4) is 0 Å². The summed E-state index contributed by atoms with van der Waals surface area (Å²) in [6, 6.07) is -0.353. The molecule has 13 nitrogen and oxygen atoms in total. The Bertz CT molecular complexity index is 652. The van der Waals surface area contributed by atoms with E-state index < -0.39 is 0 Å². The molecule has 0 heterocycles. The first kappa shape index (κ1) is 44.0. The maximum atomic E-state index is 12.4. The van der Waals surface area contributed by atoms with Crippen molar-refractivity contribution >= 4 is 12.2 Å². The SMILES string of the molecule is C#CCOCCOCCOCC(COCCOCCOCC#C)NC(=O)CCOCCOCCOCCOCCC=O.CC. The number of hydrogen-bond donors (Lipinski definition) is 1. The lowest BCUT2D eigenvalue weighted by atomic mass is 10.3. The fourth-order valence-electron chi connectivity index (χ4n) is 2.88. The summed E-state index contributed by atoms with van der Waals surface area (Å²) in [5.74, 6) is 4.59. The molecule has 256 valence electrons. The van der Waals surface area contributed by atoms with Gasteiger partial charge in [-0.25, -0.2) is 0 Å². The average molecular weight is 634 g/mol. The van der Waals surface area contributed by atoms with E-state index in [2.05, 4.69) is 17.2 Å². The highest BCUT2D eigenvalue weighted by molar-refractivity contribution is 5.76. The van der Waals surface area contributed by atoms with Gasteiger partial charge in [0, 0.05) is 12.8 Å². The van der Waals surface area contributed by atoms with Crippen LogP contribution in [0.5, 0.6) is 0 Å². The second-order valence-electron chi connectivity index (χ2n) is 8.31. The third kappa shape index (κ3) is 37.9. The summed E-state index contributed by atoms with van der Waals surface area (Å²) in [7, 11) is 0. The molecular weight excluding hydrogens is 578 g/mol. The van der Waals surface area contributed by atoms with Crippen molar-refractivity contribution in [1.29, 1.82) is 0 Å². The maximum absolute atomic E-state index is 12.4. The first-order valence-corrected chi connectivity index (χ1v) is 15.1. The number of aldehydes is 1. The Morgan fingerprint density at radius 2 is 0.909 bits per heavy atom. The van der Waals surface area contributed by atoms with E-state index in [0.717, 1.165) is 6.29 Å². The summed E-state index contributed by atoms with van der Waals surface area (Å²) in [6.45, 7) is 11.3. The van der Waals surface area contributed by atoms with Crippen LogP contribution in [-0.2, 0) is 57.0 Å². The number of hydrogen-bond acceptors (Lipinski definition) is 12. The Balaban J connectivity index is 0. The Morgan fingerprint density at radius 1 is 0.568 bits per heavy atom. The second-order valence-corrected chi connectivity index (χ2v) is 8.31. The topological polar surface area (TPSA) is 138 Å². The molecule has 44 heavy (non-hydrogen) atoms. The van der Waals surface area contributed by atoms with Gasteiger partial charge in [-0.3, -0.25) is 4.79 Å². The lowest BCUT2D eigenvalue weighted by Crippen LogP contribution is -2.42. The molecule has 0 radical (unpaired) electrons. The summed E-state index contributed by atoms with van der Waals surface area (Å²) in [5.41, 5.74) is 0. The van der Waals surface area contributed by atoms with Gasteiger partial charge in [-0.15, -0.1) is 12.8 Å². The van der Waals surface area contributed by atoms with Gasteiger partial charge >= 0.3 is 0 Å². The highest BCUT2D eigenvalue weighted by Gasteiger charge is 2.13. The molecule has 0 rings (SSSR count). The van der Waals surface area contributed by atoms with Crippen molar-refractivity contribution in [3.8, 4) is 24.7 Å². The Hall–Kier alpha value is -2.14. The Morgan fingerprint density at radius 3 is 1.30 bits per heavy atom. The minimum absolute atomic E-state index is 0.180. The normalized spacial score (nSPS) is 10.6. The van der Waals surface area contributed by atoms with Crippen molar-refractivity contribution in [3.63, 3.8) is 0 Å². The largest absolute Gasteiger partial charge is 0.379 e. The summed E-state index contributed by atoms with van der Waals surface area (Å²) in [4.78, 5) is 22.6. The fraction of sp³-hybridized carbons (Fsp3) is 0.806. The number of ether oxygens (including phenoxy) is 10. The van der Waals surface area contributed by atoms with Crippen molar-refractivity contribution in [2.24, 2.45) is 0 Å². The standard InChI is InChI=1S/C29H49NO12.C2H6/c1-3-8-33-12-16-39-22-24-41-26-28(27-42-25-23-40-17-13-34-9-4-2)30-29(32)6-11-36-15-19-38-21-20-37-18-14-35-10-5-7-31;1-2/h1-2,7,28H,5-6,8-27H2,(H,30,32);1-2H3. The minimum atomic E-state index is -0.353. The van der Waals surface area contributed by atoms with E-state index in [0.29, 0.717) is 106 Å². The summed E-state index contributed by atoms with van der Waals surface area (Å²) < 4.78 is 53.8. The molecule has 0 bridgehead atoms. The zero-order valence-electron chi connectivity index (χ0n) is 26.8. The molecule has 0 aromatic carbocycles. The molecule has 0 aromatic rings. The second kappa shape index (κ2) is 40.9. The predicted octanol–water partition coefficient (Wildman–Crippen LogP) is 0.909. The van der Waals surface area contributed by atoms with Crippen molar-refractivity contribution in [1.82, 2.24) is 5.32 Å². The molecular formula is C31H55NO12. The molecule has 0 aliphatic heterocycles. The fourth-order valence-corrected chi connectivity index (χ4v) is 2.88. The molecule has 0 aromatic heterocycles. The van der Waals surface area contributed by atoms with Crippen LogP contribution in [0.15, 0.2) is 0 Å². The van der Waals surface area contributed by atoms with E-state index in [-0.39, 0.29) is 51.4 Å². The monoisotopic (exact) mass is 633 g/mol. The molecule has 1 amide bonds. The van der Waals surface area contributed by atoms with Crippen LogP contribution in [0.4, 0.5) is 0 Å². The average Bonchev–Trinajstić information content (AvgIpc) is 3.04. The number of carbonyl (C=O) groups excluding carboxylic acids is 2. The maximum Gasteiger partial charge on any atom is 0.222 e. The molecule has 0 aliphatic carbocycles. The van der Waals surface area contributed by atoms with Crippen LogP contribution in [0, 0.1) is 24.7 Å². The van der Waals surface area contributed by atoms with Crippen LogP contribution in [0.2, 0.25) is 0 Å². The number of amides is 1. The van der Waals surface area contributed by atoms with Crippen molar-refractivity contribution in [2.45, 2.75) is 32.7 Å². The van der Waals surface area contributed by atoms with Gasteiger partial charge in [0.15, 0.2) is 0 Å². The Labute approximate surface area is 264 Å². The predicted molar refractivity (Wildman–Crippen MR) is 164 cm³/mol. The van der Waals surface area contributed by atoms with Gasteiger partial charge in [0.05, 0.1) is 125 Å². The van der Waals surface area contributed by atoms with Gasteiger partial charge in [-0.2, -0.15) is 0 Å². The minimum Gasteiger partial charge on any atom is -0.379 e. The number of nitrogens with one attached hydrogen (secondary N) is 1. The zero-order chi connectivity index (χ0) is 32.6. The van der Waals surface area contributed by atoms with Gasteiger partial charge in [-0.05, 0) is 0 Å². The lowest BCUT2D eigenvalue weighted by molar-refractivity contribution is -0.124. The van der Waals surface area contributed by atoms with Crippen LogP contribution in [0.25, 0.3) is 0 Å². The van der Waals surface area contributed by atoms with E-state index in [1.54, 1.807) is 0 Å². The highest BCUT2D eigenvalue weighted by atomic mass is 16.6. The number of terminal acetylenes is 2. The van der Waals surface area contributed by atoms with Gasteiger partial charge in [0.1, 0.15) is 19.5 Å². The smallest absolute Gasteiger partial charge is 0.222 e. The quantitative estimate of drug-likeness (QED) is 0.0612. The van der Waals surface area contributed by atoms with E-state index in [4.69, 9.17) is 60.2 Å². The first-order valence-electron chi connectivity index (χ1n) is 15.1. The van der Waals surface area contributed by atoms with Gasteiger partial charge in [-0.1, -0.05) is 25.7 Å². The summed E-state index contributed by atoms with van der Waals surface area (Å²) >= 11 is 0. The van der Waals surface area contributed by atoms with Gasteiger partial charge in [0.2, 0.25) is 5.91 Å². The molecule has 1 N–H and O–H groups in total. The zero-order valence-corrected chi connectivity index (χ0v) is 26.8. The molecule has 0 aliphatic rings. The van der Waals surface area contributed by atoms with Crippen molar-refractivity contribution in [3.05, 3.63) is 0 Å². The number of carbonyl (C=O) groups is 2. The highest BCUT2D eigenvalue weighted by Crippen LogP contribution is 1.94. The van der Waals surface area contributed by atoms with Crippen molar-refractivity contribution in [2.75, 3.05) is 132 Å². The molecule has 0 atom stereocenters. The third-order valence-corrected chi connectivity index (χ3v) is 4.83. The summed E-state index contributed by atoms with van der Waals surface area (Å²) in [5, 5.41) is 2.91. The van der Waals surface area contributed by atoms with Crippen LogP contribution < -0.4 is 5.32 Å². The molecule has 0 spiro atoms.